The zero-order valence-corrected chi connectivity index (χ0v) is 11.4. The van der Waals surface area contributed by atoms with Gasteiger partial charge in [0.25, 0.3) is 0 Å². The Labute approximate surface area is 106 Å². The van der Waals surface area contributed by atoms with E-state index >= 15 is 0 Å². The monoisotopic (exact) mass is 284 g/mol. The minimum Gasteiger partial charge on any atom is -0.336 e. The molecule has 100 valence electrons. The maximum absolute atomic E-state index is 11.5. The van der Waals surface area contributed by atoms with E-state index in [0.717, 1.165) is 4.31 Å². The Morgan fingerprint density at radius 2 is 1.94 bits per heavy atom. The standard InChI is InChI=1S/C7H11ClN2O4S.C2H6/c8-6-3-5-4-9(15(12,13)14)1-2-10(5)7(6)11;1-2/h5-6H,1-4H2,(H,12,13,14);1-2H3. The molecule has 2 aliphatic heterocycles. The summed E-state index contributed by atoms with van der Waals surface area (Å²) >= 11 is 5.78. The SMILES string of the molecule is CC.O=C1C(Cl)CC2CN(S(=O)(=O)O)CCN12. The number of carbonyl (C=O) groups excluding carboxylic acids is 1. The topological polar surface area (TPSA) is 77.9 Å². The van der Waals surface area contributed by atoms with E-state index < -0.39 is 15.7 Å². The number of halogens is 1. The number of alkyl halides is 1. The molecular weight excluding hydrogens is 268 g/mol. The first-order valence-electron chi connectivity index (χ1n) is 5.56. The average molecular weight is 285 g/mol. The average Bonchev–Trinajstić information content (AvgIpc) is 2.56. The zero-order chi connectivity index (χ0) is 13.2. The summed E-state index contributed by atoms with van der Waals surface area (Å²) in [7, 11) is -4.15. The summed E-state index contributed by atoms with van der Waals surface area (Å²) in [4.78, 5) is 13.0. The van der Waals surface area contributed by atoms with Gasteiger partial charge in [-0.25, -0.2) is 0 Å². The molecule has 8 heteroatoms. The van der Waals surface area contributed by atoms with E-state index in [0.29, 0.717) is 13.0 Å². The molecule has 0 saturated carbocycles. The van der Waals surface area contributed by atoms with Crippen molar-refractivity contribution in [2.45, 2.75) is 31.7 Å². The lowest BCUT2D eigenvalue weighted by molar-refractivity contribution is -0.129. The van der Waals surface area contributed by atoms with Crippen LogP contribution in [0.15, 0.2) is 0 Å². The van der Waals surface area contributed by atoms with Crippen LogP contribution in [-0.2, 0) is 15.1 Å². The van der Waals surface area contributed by atoms with Crippen LogP contribution in [0.2, 0.25) is 0 Å². The molecule has 2 heterocycles. The second-order valence-electron chi connectivity index (χ2n) is 3.72. The van der Waals surface area contributed by atoms with Crippen LogP contribution < -0.4 is 0 Å². The molecule has 0 aromatic carbocycles. The summed E-state index contributed by atoms with van der Waals surface area (Å²) in [6.07, 6.45) is 0.437. The van der Waals surface area contributed by atoms with Gasteiger partial charge in [0, 0.05) is 25.7 Å². The molecule has 2 aliphatic rings. The van der Waals surface area contributed by atoms with Crippen LogP contribution >= 0.6 is 11.6 Å². The zero-order valence-electron chi connectivity index (χ0n) is 9.84. The van der Waals surface area contributed by atoms with E-state index in [1.165, 1.54) is 0 Å². The fourth-order valence-electron chi connectivity index (χ4n) is 2.05. The van der Waals surface area contributed by atoms with Crippen molar-refractivity contribution in [3.05, 3.63) is 0 Å². The minimum absolute atomic E-state index is 0.130. The molecule has 2 saturated heterocycles. The third kappa shape index (κ3) is 3.09. The van der Waals surface area contributed by atoms with Gasteiger partial charge < -0.3 is 4.90 Å². The third-order valence-electron chi connectivity index (χ3n) is 2.80. The van der Waals surface area contributed by atoms with Crippen molar-refractivity contribution in [3.8, 4) is 0 Å². The second kappa shape index (κ2) is 5.51. The van der Waals surface area contributed by atoms with E-state index in [1.54, 1.807) is 4.90 Å². The van der Waals surface area contributed by atoms with Gasteiger partial charge in [0.2, 0.25) is 5.91 Å². The number of amides is 1. The van der Waals surface area contributed by atoms with Crippen LogP contribution in [-0.4, -0.2) is 59.1 Å². The first-order chi connectivity index (χ1) is 7.89. The van der Waals surface area contributed by atoms with Crippen molar-refractivity contribution in [2.75, 3.05) is 19.6 Å². The molecule has 0 aliphatic carbocycles. The molecule has 0 radical (unpaired) electrons. The Morgan fingerprint density at radius 3 is 2.47 bits per heavy atom. The van der Waals surface area contributed by atoms with Crippen LogP contribution in [0.4, 0.5) is 0 Å². The Morgan fingerprint density at radius 1 is 1.35 bits per heavy atom. The van der Waals surface area contributed by atoms with Gasteiger partial charge in [-0.1, -0.05) is 13.8 Å². The first-order valence-corrected chi connectivity index (χ1v) is 7.40. The smallest absolute Gasteiger partial charge is 0.336 e. The molecule has 1 amide bonds. The molecule has 2 fully saturated rings. The van der Waals surface area contributed by atoms with E-state index in [4.69, 9.17) is 16.2 Å². The summed E-state index contributed by atoms with van der Waals surface area (Å²) in [5.74, 6) is -0.142. The molecular formula is C9H17ClN2O4S. The van der Waals surface area contributed by atoms with Crippen LogP contribution in [0.5, 0.6) is 0 Å². The highest BCUT2D eigenvalue weighted by atomic mass is 35.5. The molecule has 2 atom stereocenters. The lowest BCUT2D eigenvalue weighted by atomic mass is 10.2. The second-order valence-corrected chi connectivity index (χ2v) is 5.66. The van der Waals surface area contributed by atoms with Gasteiger partial charge in [-0.15, -0.1) is 11.6 Å². The van der Waals surface area contributed by atoms with Crippen LogP contribution in [0.3, 0.4) is 0 Å². The van der Waals surface area contributed by atoms with Crippen molar-refractivity contribution in [3.63, 3.8) is 0 Å². The molecule has 2 rings (SSSR count). The molecule has 17 heavy (non-hydrogen) atoms. The Balaban J connectivity index is 0.000000686. The van der Waals surface area contributed by atoms with Crippen molar-refractivity contribution in [1.29, 1.82) is 0 Å². The van der Waals surface area contributed by atoms with E-state index in [1.807, 2.05) is 13.8 Å². The first kappa shape index (κ1) is 14.7. The highest BCUT2D eigenvalue weighted by Gasteiger charge is 2.43. The predicted octanol–water partition coefficient (Wildman–Crippen LogP) is 0.339. The van der Waals surface area contributed by atoms with E-state index in [9.17, 15) is 13.2 Å². The van der Waals surface area contributed by atoms with Gasteiger partial charge in [-0.05, 0) is 6.42 Å². The van der Waals surface area contributed by atoms with Gasteiger partial charge in [0.15, 0.2) is 0 Å². The minimum atomic E-state index is -4.15. The van der Waals surface area contributed by atoms with Crippen LogP contribution in [0.25, 0.3) is 0 Å². The largest absolute Gasteiger partial charge is 0.336 e. The van der Waals surface area contributed by atoms with E-state index in [-0.39, 0.29) is 25.0 Å². The summed E-state index contributed by atoms with van der Waals surface area (Å²) in [6.45, 7) is 4.56. The molecule has 0 bridgehead atoms. The molecule has 0 spiro atoms. The fraction of sp³-hybridized carbons (Fsp3) is 0.889. The summed E-state index contributed by atoms with van der Waals surface area (Å²) in [6, 6.07) is -0.198. The van der Waals surface area contributed by atoms with Crippen molar-refractivity contribution in [2.24, 2.45) is 0 Å². The Bertz CT molecular complexity index is 386. The van der Waals surface area contributed by atoms with Crippen LogP contribution in [0, 0.1) is 0 Å². The lowest BCUT2D eigenvalue weighted by Crippen LogP contribution is -2.53. The highest BCUT2D eigenvalue weighted by molar-refractivity contribution is 7.83. The normalized spacial score (nSPS) is 29.6. The number of rotatable bonds is 1. The molecule has 0 aromatic rings. The summed E-state index contributed by atoms with van der Waals surface area (Å²) in [5.41, 5.74) is 0. The third-order valence-corrected chi connectivity index (χ3v) is 4.15. The van der Waals surface area contributed by atoms with Gasteiger partial charge in [-0.2, -0.15) is 12.7 Å². The molecule has 2 unspecified atom stereocenters. The summed E-state index contributed by atoms with van der Waals surface area (Å²) < 4.78 is 31.6. The van der Waals surface area contributed by atoms with Crippen molar-refractivity contribution in [1.82, 2.24) is 9.21 Å². The predicted molar refractivity (Wildman–Crippen MR) is 64.2 cm³/mol. The van der Waals surface area contributed by atoms with Gasteiger partial charge in [-0.3, -0.25) is 9.35 Å². The quantitative estimate of drug-likeness (QED) is 0.556. The van der Waals surface area contributed by atoms with Gasteiger partial charge in [0.05, 0.1) is 0 Å². The fourth-order valence-corrected chi connectivity index (χ4v) is 3.05. The van der Waals surface area contributed by atoms with Crippen molar-refractivity contribution < 1.29 is 17.8 Å². The number of fused-ring (bicyclic) bond motifs is 1. The lowest BCUT2D eigenvalue weighted by Gasteiger charge is -2.35. The maximum Gasteiger partial charge on any atom is 0.336 e. The molecule has 1 N–H and O–H groups in total. The number of hydrogen-bond donors (Lipinski definition) is 1. The number of nitrogens with zero attached hydrogens (tertiary/aromatic N) is 2. The molecule has 0 aromatic heterocycles. The Kier molecular flexibility index (Phi) is 4.77. The number of carbonyl (C=O) groups is 1. The summed E-state index contributed by atoms with van der Waals surface area (Å²) in [5, 5.41) is -0.559. The molecule has 6 nitrogen and oxygen atoms in total. The Hall–Kier alpha value is -0.370. The van der Waals surface area contributed by atoms with Gasteiger partial charge >= 0.3 is 10.3 Å². The van der Waals surface area contributed by atoms with E-state index in [2.05, 4.69) is 0 Å². The highest BCUT2D eigenvalue weighted by Crippen LogP contribution is 2.27. The van der Waals surface area contributed by atoms with Gasteiger partial charge in [0.1, 0.15) is 5.38 Å². The number of piperazine rings is 1. The van der Waals surface area contributed by atoms with Crippen LogP contribution in [0.1, 0.15) is 20.3 Å². The van der Waals surface area contributed by atoms with Crippen molar-refractivity contribution >= 4 is 27.8 Å². The maximum atomic E-state index is 11.5. The number of hydrogen-bond acceptors (Lipinski definition) is 3.